The van der Waals surface area contributed by atoms with E-state index in [1.807, 2.05) is 29.1 Å². The van der Waals surface area contributed by atoms with Gasteiger partial charge in [0.25, 0.3) is 0 Å². The third-order valence-corrected chi connectivity index (χ3v) is 3.38. The summed E-state index contributed by atoms with van der Waals surface area (Å²) in [7, 11) is 0. The summed E-state index contributed by atoms with van der Waals surface area (Å²) in [6.07, 6.45) is 6.30. The molecule has 0 radical (unpaired) electrons. The number of aromatic nitrogens is 3. The molecule has 19 heavy (non-hydrogen) atoms. The number of nitrogens with zero attached hydrogens (tertiary/aromatic N) is 2. The number of rotatable bonds is 4. The third kappa shape index (κ3) is 2.68. The zero-order valence-corrected chi connectivity index (χ0v) is 10.6. The Morgan fingerprint density at radius 1 is 1.47 bits per heavy atom. The number of nitrogens with one attached hydrogen (secondary N) is 3. The Labute approximate surface area is 111 Å². The van der Waals surface area contributed by atoms with E-state index >= 15 is 0 Å². The first-order valence-corrected chi connectivity index (χ1v) is 6.46. The van der Waals surface area contributed by atoms with Crippen LogP contribution in [0.5, 0.6) is 0 Å². The molecule has 2 aromatic rings. The molecule has 100 valence electrons. The minimum absolute atomic E-state index is 0.0424. The van der Waals surface area contributed by atoms with Gasteiger partial charge in [0.1, 0.15) is 0 Å². The molecule has 1 atom stereocenters. The minimum atomic E-state index is -0.180. The molecule has 3 N–H and O–H groups in total. The molecule has 6 nitrogen and oxygen atoms in total. The van der Waals surface area contributed by atoms with Gasteiger partial charge in [-0.2, -0.15) is 0 Å². The standard InChI is InChI=1S/C13H17N5O/c19-13(14-3-6-18-4-1-2-5-18)11-7-10-12(8-15-11)17-9-16-10/h1-2,4-5,9,11,15H,3,6-8H2,(H,14,19)(H,16,17). The summed E-state index contributed by atoms with van der Waals surface area (Å²) in [5.41, 5.74) is 2.07. The van der Waals surface area contributed by atoms with E-state index in [9.17, 15) is 4.79 Å². The summed E-state index contributed by atoms with van der Waals surface area (Å²) < 4.78 is 2.04. The fourth-order valence-corrected chi connectivity index (χ4v) is 2.31. The highest BCUT2D eigenvalue weighted by Gasteiger charge is 2.25. The summed E-state index contributed by atoms with van der Waals surface area (Å²) in [5.74, 6) is 0.0424. The third-order valence-electron chi connectivity index (χ3n) is 3.38. The van der Waals surface area contributed by atoms with Crippen molar-refractivity contribution in [2.24, 2.45) is 0 Å². The summed E-state index contributed by atoms with van der Waals surface area (Å²) in [5, 5.41) is 6.17. The molecule has 3 rings (SSSR count). The lowest BCUT2D eigenvalue weighted by Gasteiger charge is -2.22. The monoisotopic (exact) mass is 259 g/mol. The molecule has 6 heteroatoms. The van der Waals surface area contributed by atoms with Gasteiger partial charge in [-0.15, -0.1) is 0 Å². The zero-order chi connectivity index (χ0) is 13.1. The Morgan fingerprint density at radius 3 is 3.16 bits per heavy atom. The maximum absolute atomic E-state index is 12.0. The van der Waals surface area contributed by atoms with Gasteiger partial charge in [-0.25, -0.2) is 4.98 Å². The van der Waals surface area contributed by atoms with Crippen LogP contribution in [-0.2, 0) is 24.3 Å². The van der Waals surface area contributed by atoms with E-state index in [0.717, 1.165) is 17.9 Å². The summed E-state index contributed by atoms with van der Waals surface area (Å²) in [6.45, 7) is 2.10. The lowest BCUT2D eigenvalue weighted by atomic mass is 10.0. The van der Waals surface area contributed by atoms with Gasteiger partial charge in [-0.3, -0.25) is 10.1 Å². The van der Waals surface area contributed by atoms with Crippen molar-refractivity contribution >= 4 is 5.91 Å². The van der Waals surface area contributed by atoms with E-state index < -0.39 is 0 Å². The highest BCUT2D eigenvalue weighted by molar-refractivity contribution is 5.82. The second kappa shape index (κ2) is 5.27. The molecule has 0 aliphatic carbocycles. The number of H-pyrrole nitrogens is 1. The van der Waals surface area contributed by atoms with E-state index in [4.69, 9.17) is 0 Å². The summed E-state index contributed by atoms with van der Waals surface area (Å²) >= 11 is 0. The van der Waals surface area contributed by atoms with Crippen LogP contribution in [0.15, 0.2) is 30.9 Å². The number of fused-ring (bicyclic) bond motifs is 1. The van der Waals surface area contributed by atoms with Crippen LogP contribution in [0.1, 0.15) is 11.4 Å². The average Bonchev–Trinajstić information content (AvgIpc) is 3.08. The van der Waals surface area contributed by atoms with Crippen LogP contribution in [0.2, 0.25) is 0 Å². The fraction of sp³-hybridized carbons (Fsp3) is 0.385. The Hall–Kier alpha value is -2.08. The first-order valence-electron chi connectivity index (χ1n) is 6.46. The molecule has 1 aliphatic rings. The van der Waals surface area contributed by atoms with Crippen LogP contribution in [-0.4, -0.2) is 33.0 Å². The minimum Gasteiger partial charge on any atom is -0.353 e. The molecule has 1 aliphatic heterocycles. The molecule has 2 aromatic heterocycles. The topological polar surface area (TPSA) is 74.7 Å². The zero-order valence-electron chi connectivity index (χ0n) is 10.6. The van der Waals surface area contributed by atoms with Gasteiger partial charge in [0.15, 0.2) is 0 Å². The molecular weight excluding hydrogens is 242 g/mol. The van der Waals surface area contributed by atoms with Crippen LogP contribution < -0.4 is 10.6 Å². The van der Waals surface area contributed by atoms with Gasteiger partial charge in [0.05, 0.1) is 23.8 Å². The lowest BCUT2D eigenvalue weighted by Crippen LogP contribution is -2.48. The van der Waals surface area contributed by atoms with Crippen molar-refractivity contribution in [3.05, 3.63) is 42.2 Å². The Morgan fingerprint density at radius 2 is 2.32 bits per heavy atom. The van der Waals surface area contributed by atoms with Gasteiger partial charge in [-0.05, 0) is 12.1 Å². The van der Waals surface area contributed by atoms with Crippen molar-refractivity contribution < 1.29 is 4.79 Å². The number of hydrogen-bond acceptors (Lipinski definition) is 3. The van der Waals surface area contributed by atoms with E-state index in [-0.39, 0.29) is 11.9 Å². The molecule has 0 saturated heterocycles. The molecule has 1 amide bonds. The van der Waals surface area contributed by atoms with Gasteiger partial charge in [0.2, 0.25) is 5.91 Å². The highest BCUT2D eigenvalue weighted by atomic mass is 16.2. The molecule has 3 heterocycles. The van der Waals surface area contributed by atoms with Crippen molar-refractivity contribution in [2.45, 2.75) is 25.6 Å². The number of carbonyl (C=O) groups is 1. The van der Waals surface area contributed by atoms with E-state index in [0.29, 0.717) is 19.5 Å². The van der Waals surface area contributed by atoms with Crippen molar-refractivity contribution in [1.29, 1.82) is 0 Å². The van der Waals surface area contributed by atoms with Gasteiger partial charge in [0, 0.05) is 38.4 Å². The van der Waals surface area contributed by atoms with Gasteiger partial charge >= 0.3 is 0 Å². The van der Waals surface area contributed by atoms with E-state index in [1.165, 1.54) is 0 Å². The number of amides is 1. The van der Waals surface area contributed by atoms with Crippen LogP contribution in [0.4, 0.5) is 0 Å². The Kier molecular flexibility index (Phi) is 3.33. The smallest absolute Gasteiger partial charge is 0.237 e. The number of imidazole rings is 1. The maximum Gasteiger partial charge on any atom is 0.237 e. The first-order chi connectivity index (χ1) is 9.33. The molecular formula is C13H17N5O. The maximum atomic E-state index is 12.0. The molecule has 0 aromatic carbocycles. The predicted molar refractivity (Wildman–Crippen MR) is 70.4 cm³/mol. The van der Waals surface area contributed by atoms with Crippen molar-refractivity contribution in [3.63, 3.8) is 0 Å². The van der Waals surface area contributed by atoms with Crippen molar-refractivity contribution in [2.75, 3.05) is 6.54 Å². The van der Waals surface area contributed by atoms with E-state index in [1.54, 1.807) is 6.33 Å². The Balaban J connectivity index is 1.49. The largest absolute Gasteiger partial charge is 0.353 e. The Bertz CT molecular complexity index is 545. The second-order valence-corrected chi connectivity index (χ2v) is 4.68. The summed E-state index contributed by atoms with van der Waals surface area (Å²) in [6, 6.07) is 3.77. The van der Waals surface area contributed by atoms with Crippen LogP contribution in [0.3, 0.4) is 0 Å². The number of aromatic amines is 1. The number of hydrogen-bond donors (Lipinski definition) is 3. The molecule has 0 saturated carbocycles. The van der Waals surface area contributed by atoms with Crippen molar-refractivity contribution in [3.8, 4) is 0 Å². The number of carbonyl (C=O) groups excluding carboxylic acids is 1. The van der Waals surface area contributed by atoms with Crippen LogP contribution in [0.25, 0.3) is 0 Å². The SMILES string of the molecule is O=C(NCCn1cccc1)C1Cc2nc[nH]c2CN1. The average molecular weight is 259 g/mol. The highest BCUT2D eigenvalue weighted by Crippen LogP contribution is 2.11. The molecule has 0 fully saturated rings. The molecule has 0 bridgehead atoms. The van der Waals surface area contributed by atoms with Crippen LogP contribution in [0, 0.1) is 0 Å². The van der Waals surface area contributed by atoms with E-state index in [2.05, 4.69) is 20.6 Å². The van der Waals surface area contributed by atoms with Crippen LogP contribution >= 0.6 is 0 Å². The first kappa shape index (κ1) is 12.0. The predicted octanol–water partition coefficient (Wildman–Crippen LogP) is 0.0419. The van der Waals surface area contributed by atoms with Gasteiger partial charge < -0.3 is 14.9 Å². The van der Waals surface area contributed by atoms with Gasteiger partial charge in [-0.1, -0.05) is 0 Å². The van der Waals surface area contributed by atoms with Crippen molar-refractivity contribution in [1.82, 2.24) is 25.2 Å². The fourth-order valence-electron chi connectivity index (χ4n) is 2.31. The second-order valence-electron chi connectivity index (χ2n) is 4.68. The lowest BCUT2D eigenvalue weighted by molar-refractivity contribution is -0.123. The summed E-state index contributed by atoms with van der Waals surface area (Å²) in [4.78, 5) is 19.3. The molecule has 1 unspecified atom stereocenters. The normalized spacial score (nSPS) is 18.0. The quantitative estimate of drug-likeness (QED) is 0.726. The molecule has 0 spiro atoms.